The predicted octanol–water partition coefficient (Wildman–Crippen LogP) is 4.24. The number of halogens is 1. The molecular formula is C19H19ClN2O2S. The average Bonchev–Trinajstić information content (AvgIpc) is 3.05. The molecule has 1 fully saturated rings. The highest BCUT2D eigenvalue weighted by Gasteiger charge is 2.27. The highest BCUT2D eigenvalue weighted by molar-refractivity contribution is 7.09. The molecule has 0 N–H and O–H groups in total. The van der Waals surface area contributed by atoms with Gasteiger partial charge >= 0.3 is 0 Å². The van der Waals surface area contributed by atoms with Crippen molar-refractivity contribution < 1.29 is 9.59 Å². The van der Waals surface area contributed by atoms with Gasteiger partial charge in [0.05, 0.1) is 10.7 Å². The highest BCUT2D eigenvalue weighted by Crippen LogP contribution is 2.23. The normalized spacial score (nSPS) is 15.7. The fraction of sp³-hybridized carbons (Fsp3) is 0.316. The summed E-state index contributed by atoms with van der Waals surface area (Å²) in [5.41, 5.74) is 1.50. The summed E-state index contributed by atoms with van der Waals surface area (Å²) in [7, 11) is 0. The lowest BCUT2D eigenvalue weighted by atomic mass is 9.89. The van der Waals surface area contributed by atoms with Crippen molar-refractivity contribution in [2.45, 2.75) is 19.8 Å². The molecule has 1 aromatic carbocycles. The fourth-order valence-electron chi connectivity index (χ4n) is 2.93. The number of amides is 1. The van der Waals surface area contributed by atoms with Crippen LogP contribution in [0.1, 0.15) is 33.9 Å². The van der Waals surface area contributed by atoms with Gasteiger partial charge in [0, 0.05) is 41.0 Å². The lowest BCUT2D eigenvalue weighted by molar-refractivity contribution is -0.127. The van der Waals surface area contributed by atoms with Crippen LogP contribution in [0.2, 0.25) is 5.02 Å². The number of nitrogens with zero attached hydrogens (tertiary/aromatic N) is 2. The van der Waals surface area contributed by atoms with Gasteiger partial charge in [0.2, 0.25) is 5.91 Å². The van der Waals surface area contributed by atoms with E-state index in [0.717, 1.165) is 10.7 Å². The van der Waals surface area contributed by atoms with Crippen LogP contribution in [0.5, 0.6) is 0 Å². The number of piperidine rings is 1. The summed E-state index contributed by atoms with van der Waals surface area (Å²) in [6.07, 6.45) is 4.69. The Balaban J connectivity index is 1.54. The summed E-state index contributed by atoms with van der Waals surface area (Å²) in [5.74, 6) is 0.0793. The van der Waals surface area contributed by atoms with Gasteiger partial charge in [-0.05, 0) is 50.1 Å². The first-order valence-electron chi connectivity index (χ1n) is 8.22. The monoisotopic (exact) mass is 374 g/mol. The SMILES string of the molecule is Cc1nc(C=CC(=O)N2CCC(C(=O)c3ccc(Cl)cc3)CC2)cs1. The molecule has 4 nitrogen and oxygen atoms in total. The summed E-state index contributed by atoms with van der Waals surface area (Å²) in [5, 5.41) is 3.53. The second-order valence-electron chi connectivity index (χ2n) is 6.10. The lowest BCUT2D eigenvalue weighted by Gasteiger charge is -2.30. The molecule has 1 saturated heterocycles. The maximum Gasteiger partial charge on any atom is 0.246 e. The smallest absolute Gasteiger partial charge is 0.246 e. The Morgan fingerprint density at radius 2 is 1.92 bits per heavy atom. The van der Waals surface area contributed by atoms with Crippen LogP contribution < -0.4 is 0 Å². The average molecular weight is 375 g/mol. The zero-order chi connectivity index (χ0) is 17.8. The molecule has 0 aliphatic carbocycles. The summed E-state index contributed by atoms with van der Waals surface area (Å²) in [6, 6.07) is 7.00. The van der Waals surface area contributed by atoms with Crippen LogP contribution in [0.4, 0.5) is 0 Å². The summed E-state index contributed by atoms with van der Waals surface area (Å²) >= 11 is 7.43. The van der Waals surface area contributed by atoms with E-state index >= 15 is 0 Å². The third kappa shape index (κ3) is 4.55. The molecule has 0 radical (unpaired) electrons. The zero-order valence-corrected chi connectivity index (χ0v) is 15.5. The lowest BCUT2D eigenvalue weighted by Crippen LogP contribution is -2.39. The first-order chi connectivity index (χ1) is 12.0. The van der Waals surface area contributed by atoms with Crippen molar-refractivity contribution in [2.75, 3.05) is 13.1 Å². The van der Waals surface area contributed by atoms with Gasteiger partial charge in [0.1, 0.15) is 0 Å². The van der Waals surface area contributed by atoms with E-state index < -0.39 is 0 Å². The van der Waals surface area contributed by atoms with Crippen LogP contribution in [0.15, 0.2) is 35.7 Å². The van der Waals surface area contributed by atoms with Gasteiger partial charge in [0.25, 0.3) is 0 Å². The Morgan fingerprint density at radius 3 is 2.52 bits per heavy atom. The Labute approximate surface area is 156 Å². The molecule has 25 heavy (non-hydrogen) atoms. The van der Waals surface area contributed by atoms with Crippen LogP contribution in [-0.4, -0.2) is 34.7 Å². The fourth-order valence-corrected chi connectivity index (χ4v) is 3.64. The molecule has 0 spiro atoms. The third-order valence-corrected chi connectivity index (χ3v) is 5.38. The molecule has 0 bridgehead atoms. The van der Waals surface area contributed by atoms with Crippen molar-refractivity contribution in [2.24, 2.45) is 5.92 Å². The summed E-state index contributed by atoms with van der Waals surface area (Å²) in [6.45, 7) is 3.14. The maximum absolute atomic E-state index is 12.5. The Kier molecular flexibility index (Phi) is 5.66. The van der Waals surface area contributed by atoms with E-state index in [2.05, 4.69) is 4.98 Å². The number of hydrogen-bond donors (Lipinski definition) is 0. The number of rotatable bonds is 4. The van der Waals surface area contributed by atoms with Crippen molar-refractivity contribution in [3.63, 3.8) is 0 Å². The van der Waals surface area contributed by atoms with Crippen LogP contribution in [-0.2, 0) is 4.79 Å². The van der Waals surface area contributed by atoms with Crippen LogP contribution >= 0.6 is 22.9 Å². The number of likely N-dealkylation sites (tertiary alicyclic amines) is 1. The number of hydrogen-bond acceptors (Lipinski definition) is 4. The Morgan fingerprint density at radius 1 is 1.24 bits per heavy atom. The number of aromatic nitrogens is 1. The molecule has 0 atom stereocenters. The second-order valence-corrected chi connectivity index (χ2v) is 7.59. The van der Waals surface area contributed by atoms with E-state index in [-0.39, 0.29) is 17.6 Å². The minimum absolute atomic E-state index is 0.0250. The molecule has 2 aromatic rings. The molecule has 130 valence electrons. The molecule has 0 unspecified atom stereocenters. The van der Waals surface area contributed by atoms with E-state index in [4.69, 9.17) is 11.6 Å². The molecule has 6 heteroatoms. The minimum atomic E-state index is -0.0320. The van der Waals surface area contributed by atoms with E-state index in [1.807, 2.05) is 12.3 Å². The van der Waals surface area contributed by atoms with Crippen LogP contribution in [0, 0.1) is 12.8 Å². The van der Waals surface area contributed by atoms with Gasteiger partial charge < -0.3 is 4.90 Å². The molecule has 3 rings (SSSR count). The number of Topliss-reactive ketones (excluding diaryl/α,β-unsaturated/α-hetero) is 1. The highest BCUT2D eigenvalue weighted by atomic mass is 35.5. The first kappa shape index (κ1) is 17.8. The predicted molar refractivity (Wildman–Crippen MR) is 101 cm³/mol. The molecule has 1 amide bonds. The van der Waals surface area contributed by atoms with Crippen molar-refractivity contribution in [1.29, 1.82) is 0 Å². The topological polar surface area (TPSA) is 50.3 Å². The van der Waals surface area contributed by atoms with E-state index in [0.29, 0.717) is 36.5 Å². The standard InChI is InChI=1S/C19H19ClN2O2S/c1-13-21-17(12-25-13)6-7-18(23)22-10-8-15(9-11-22)19(24)14-2-4-16(20)5-3-14/h2-7,12,15H,8-11H2,1H3. The zero-order valence-electron chi connectivity index (χ0n) is 13.9. The van der Waals surface area contributed by atoms with E-state index in [9.17, 15) is 9.59 Å². The number of thiazole rings is 1. The van der Waals surface area contributed by atoms with Crippen molar-refractivity contribution in [3.05, 3.63) is 57.0 Å². The van der Waals surface area contributed by atoms with Crippen LogP contribution in [0.25, 0.3) is 6.08 Å². The maximum atomic E-state index is 12.5. The number of carbonyl (C=O) groups is 2. The largest absolute Gasteiger partial charge is 0.339 e. The summed E-state index contributed by atoms with van der Waals surface area (Å²) in [4.78, 5) is 30.9. The van der Waals surface area contributed by atoms with Gasteiger partial charge in [-0.25, -0.2) is 4.98 Å². The first-order valence-corrected chi connectivity index (χ1v) is 9.47. The molecule has 1 aromatic heterocycles. The molecule has 1 aliphatic heterocycles. The van der Waals surface area contributed by atoms with E-state index in [1.165, 1.54) is 0 Å². The second kappa shape index (κ2) is 7.93. The van der Waals surface area contributed by atoms with Crippen molar-refractivity contribution >= 4 is 40.7 Å². The van der Waals surface area contributed by atoms with Gasteiger partial charge in [-0.1, -0.05) is 11.6 Å². The number of aryl methyl sites for hydroxylation is 1. The van der Waals surface area contributed by atoms with E-state index in [1.54, 1.807) is 52.7 Å². The van der Waals surface area contributed by atoms with Gasteiger partial charge in [0.15, 0.2) is 5.78 Å². The quantitative estimate of drug-likeness (QED) is 0.594. The Bertz CT molecular complexity index is 790. The molecule has 0 saturated carbocycles. The molecule has 2 heterocycles. The number of benzene rings is 1. The van der Waals surface area contributed by atoms with Gasteiger partial charge in [-0.2, -0.15) is 0 Å². The van der Waals surface area contributed by atoms with Crippen molar-refractivity contribution in [1.82, 2.24) is 9.88 Å². The van der Waals surface area contributed by atoms with Gasteiger partial charge in [-0.15, -0.1) is 11.3 Å². The van der Waals surface area contributed by atoms with Crippen molar-refractivity contribution in [3.8, 4) is 0 Å². The third-order valence-electron chi connectivity index (χ3n) is 4.34. The van der Waals surface area contributed by atoms with Gasteiger partial charge in [-0.3, -0.25) is 9.59 Å². The number of ketones is 1. The summed E-state index contributed by atoms with van der Waals surface area (Å²) < 4.78 is 0. The van der Waals surface area contributed by atoms with Crippen LogP contribution in [0.3, 0.4) is 0 Å². The minimum Gasteiger partial charge on any atom is -0.339 e. The Hall–Kier alpha value is -1.98. The molecule has 1 aliphatic rings. The molecular weight excluding hydrogens is 356 g/mol. The number of carbonyl (C=O) groups excluding carboxylic acids is 2.